The summed E-state index contributed by atoms with van der Waals surface area (Å²) in [6.07, 6.45) is 10.2. The van der Waals surface area contributed by atoms with Crippen LogP contribution in [0.4, 0.5) is 5.69 Å². The third-order valence-electron chi connectivity index (χ3n) is 6.17. The lowest BCUT2D eigenvalue weighted by Gasteiger charge is -2.26. The molecule has 0 atom stereocenters. The third kappa shape index (κ3) is 3.84. The average molecular weight is 471 g/mol. The molecule has 0 saturated heterocycles. The van der Waals surface area contributed by atoms with E-state index in [0.717, 1.165) is 40.3 Å². The highest BCUT2D eigenvalue weighted by atomic mass is 32.1. The second kappa shape index (κ2) is 9.31. The highest BCUT2D eigenvalue weighted by Crippen LogP contribution is 2.32. The average Bonchev–Trinajstić information content (AvgIpc) is 3.38. The number of thiazole rings is 1. The first-order valence-electron chi connectivity index (χ1n) is 11.7. The molecule has 0 aliphatic carbocycles. The molecule has 0 N–H and O–H groups in total. The van der Waals surface area contributed by atoms with Gasteiger partial charge in [0, 0.05) is 36.6 Å². The number of para-hydroxylation sites is 3. The van der Waals surface area contributed by atoms with E-state index in [2.05, 4.69) is 65.9 Å². The molecular weight excluding hydrogens is 442 g/mol. The largest absolute Gasteiger partial charge is 0.398 e. The van der Waals surface area contributed by atoms with Crippen molar-refractivity contribution in [1.82, 2.24) is 4.57 Å². The molecule has 1 aliphatic rings. The van der Waals surface area contributed by atoms with E-state index in [1.807, 2.05) is 47.9 Å². The van der Waals surface area contributed by atoms with E-state index >= 15 is 0 Å². The van der Waals surface area contributed by atoms with Crippen LogP contribution in [-0.4, -0.2) is 11.1 Å². The number of aromatic nitrogens is 2. The molecule has 0 radical (unpaired) electrons. The number of allylic oxidation sites excluding steroid dienone is 3. The minimum absolute atomic E-state index is 0.0259. The number of nitrogens with zero attached hydrogens (tertiary/aromatic N) is 3. The van der Waals surface area contributed by atoms with Crippen molar-refractivity contribution in [2.75, 3.05) is 11.4 Å². The van der Waals surface area contributed by atoms with Gasteiger partial charge >= 0.3 is 5.89 Å². The number of fused-ring (bicyclic) bond motifs is 2. The van der Waals surface area contributed by atoms with Gasteiger partial charge in [0.25, 0.3) is 11.1 Å². The van der Waals surface area contributed by atoms with Crippen LogP contribution in [0.25, 0.3) is 28.8 Å². The SMILES string of the molecule is CCN1C=CC(=CC=c2sc(=Cc3oc4ccccc4[n+]3CC)n(CC)c2=O)c2ccccc21. The zero-order valence-corrected chi connectivity index (χ0v) is 20.5. The van der Waals surface area contributed by atoms with E-state index in [4.69, 9.17) is 4.42 Å². The summed E-state index contributed by atoms with van der Waals surface area (Å²) >= 11 is 1.50. The Balaban J connectivity index is 1.63. The van der Waals surface area contributed by atoms with Gasteiger partial charge in [-0.2, -0.15) is 4.57 Å². The number of benzene rings is 2. The minimum Gasteiger partial charge on any atom is -0.398 e. The molecule has 0 unspecified atom stereocenters. The number of aryl methyl sites for hydroxylation is 1. The van der Waals surface area contributed by atoms with Gasteiger partial charge in [0.15, 0.2) is 0 Å². The fourth-order valence-corrected chi connectivity index (χ4v) is 5.48. The summed E-state index contributed by atoms with van der Waals surface area (Å²) in [6.45, 7) is 8.54. The lowest BCUT2D eigenvalue weighted by atomic mass is 9.99. The molecule has 6 heteroatoms. The molecule has 172 valence electrons. The molecule has 0 fully saturated rings. The Morgan fingerprint density at radius 1 is 1.00 bits per heavy atom. The maximum Gasteiger partial charge on any atom is 0.377 e. The predicted octanol–water partition coefficient (Wildman–Crippen LogP) is 4.03. The van der Waals surface area contributed by atoms with Crippen LogP contribution in [0.1, 0.15) is 32.2 Å². The normalized spacial score (nSPS) is 15.6. The first kappa shape index (κ1) is 22.2. The Morgan fingerprint density at radius 3 is 2.59 bits per heavy atom. The van der Waals surface area contributed by atoms with Crippen molar-refractivity contribution < 1.29 is 8.98 Å². The monoisotopic (exact) mass is 470 g/mol. The molecule has 0 bridgehead atoms. The second-order valence-corrected chi connectivity index (χ2v) is 9.12. The zero-order chi connectivity index (χ0) is 23.7. The number of anilines is 1. The molecule has 0 spiro atoms. The van der Waals surface area contributed by atoms with Gasteiger partial charge in [-0.3, -0.25) is 9.36 Å². The van der Waals surface area contributed by atoms with Gasteiger partial charge in [-0.1, -0.05) is 36.4 Å². The number of hydrogen-bond acceptors (Lipinski definition) is 4. The van der Waals surface area contributed by atoms with Gasteiger partial charge in [-0.15, -0.1) is 11.3 Å². The lowest BCUT2D eigenvalue weighted by Crippen LogP contribution is -2.35. The Kier molecular flexibility index (Phi) is 6.07. The highest BCUT2D eigenvalue weighted by Gasteiger charge is 2.19. The van der Waals surface area contributed by atoms with Crippen molar-refractivity contribution in [2.24, 2.45) is 0 Å². The molecule has 34 heavy (non-hydrogen) atoms. The van der Waals surface area contributed by atoms with Crippen LogP contribution >= 0.6 is 11.3 Å². The van der Waals surface area contributed by atoms with E-state index in [1.54, 1.807) is 0 Å². The van der Waals surface area contributed by atoms with E-state index in [-0.39, 0.29) is 5.56 Å². The van der Waals surface area contributed by atoms with E-state index in [0.29, 0.717) is 11.1 Å². The Labute approximate surface area is 202 Å². The highest BCUT2D eigenvalue weighted by molar-refractivity contribution is 7.07. The number of oxazole rings is 1. The molecule has 5 rings (SSSR count). The quantitative estimate of drug-likeness (QED) is 0.414. The fourth-order valence-electron chi connectivity index (χ4n) is 4.44. The minimum atomic E-state index is 0.0259. The van der Waals surface area contributed by atoms with Crippen molar-refractivity contribution in [1.29, 1.82) is 0 Å². The van der Waals surface area contributed by atoms with Crippen LogP contribution in [0.5, 0.6) is 0 Å². The first-order chi connectivity index (χ1) is 16.6. The number of rotatable bonds is 5. The standard InChI is InChI=1S/C28H28N3O2S/c1-4-29-18-17-20(21-11-7-8-12-22(21)29)15-16-25-28(32)31(6-3)27(34-25)19-26-30(5-2)23-13-9-10-14-24(23)33-26/h7-19H,4-6H2,1-3H3/q+1. The summed E-state index contributed by atoms with van der Waals surface area (Å²) < 4.78 is 11.7. The molecule has 5 nitrogen and oxygen atoms in total. The smallest absolute Gasteiger partial charge is 0.377 e. The van der Waals surface area contributed by atoms with Gasteiger partial charge in [0.2, 0.25) is 5.58 Å². The summed E-state index contributed by atoms with van der Waals surface area (Å²) in [5, 5.41) is 0. The van der Waals surface area contributed by atoms with Crippen LogP contribution < -0.4 is 24.2 Å². The van der Waals surface area contributed by atoms with Crippen molar-refractivity contribution in [3.63, 3.8) is 0 Å². The molecule has 0 saturated carbocycles. The van der Waals surface area contributed by atoms with Crippen LogP contribution in [0.15, 0.2) is 76.1 Å². The van der Waals surface area contributed by atoms with Crippen molar-refractivity contribution in [3.05, 3.63) is 97.9 Å². The Bertz CT molecular complexity index is 1600. The van der Waals surface area contributed by atoms with Crippen molar-refractivity contribution >= 4 is 45.8 Å². The molecule has 2 aromatic heterocycles. The molecule has 1 aliphatic heterocycles. The summed E-state index contributed by atoms with van der Waals surface area (Å²) in [5.41, 5.74) is 5.39. The van der Waals surface area contributed by atoms with Gasteiger partial charge in [0.05, 0.1) is 10.6 Å². The van der Waals surface area contributed by atoms with Crippen molar-refractivity contribution in [3.8, 4) is 0 Å². The van der Waals surface area contributed by atoms with Crippen LogP contribution in [0.2, 0.25) is 0 Å². The summed E-state index contributed by atoms with van der Waals surface area (Å²) in [6, 6.07) is 16.4. The molecule has 3 heterocycles. The molecule has 0 amide bonds. The maximum absolute atomic E-state index is 13.2. The maximum atomic E-state index is 13.2. The predicted molar refractivity (Wildman–Crippen MR) is 140 cm³/mol. The topological polar surface area (TPSA) is 42.3 Å². The third-order valence-corrected chi connectivity index (χ3v) is 7.24. The van der Waals surface area contributed by atoms with Gasteiger partial charge in [-0.25, -0.2) is 0 Å². The van der Waals surface area contributed by atoms with Gasteiger partial charge in [-0.05, 0) is 50.6 Å². The Hall–Kier alpha value is -3.64. The van der Waals surface area contributed by atoms with Crippen molar-refractivity contribution in [2.45, 2.75) is 33.9 Å². The summed E-state index contributed by atoms with van der Waals surface area (Å²) in [4.78, 5) is 15.4. The van der Waals surface area contributed by atoms with E-state index in [1.165, 1.54) is 22.6 Å². The van der Waals surface area contributed by atoms with Gasteiger partial charge in [0.1, 0.15) is 11.2 Å². The van der Waals surface area contributed by atoms with Gasteiger partial charge < -0.3 is 9.32 Å². The van der Waals surface area contributed by atoms with Crippen LogP contribution in [0, 0.1) is 0 Å². The van der Waals surface area contributed by atoms with Crippen LogP contribution in [-0.2, 0) is 13.1 Å². The number of hydrogen-bond donors (Lipinski definition) is 0. The van der Waals surface area contributed by atoms with E-state index in [9.17, 15) is 4.79 Å². The zero-order valence-electron chi connectivity index (χ0n) is 19.7. The molecule has 2 aromatic carbocycles. The lowest BCUT2D eigenvalue weighted by molar-refractivity contribution is -0.674. The first-order valence-corrected chi connectivity index (χ1v) is 12.5. The van der Waals surface area contributed by atoms with Crippen LogP contribution in [0.3, 0.4) is 0 Å². The molecule has 4 aromatic rings. The summed E-state index contributed by atoms with van der Waals surface area (Å²) in [7, 11) is 0. The Morgan fingerprint density at radius 2 is 1.79 bits per heavy atom. The second-order valence-electron chi connectivity index (χ2n) is 8.06. The summed E-state index contributed by atoms with van der Waals surface area (Å²) in [5.74, 6) is 0.751. The molecular formula is C28H28N3O2S+. The fraction of sp³-hybridized carbons (Fsp3) is 0.214. The van der Waals surface area contributed by atoms with E-state index < -0.39 is 0 Å².